The van der Waals surface area contributed by atoms with Gasteiger partial charge < -0.3 is 9.47 Å². The van der Waals surface area contributed by atoms with E-state index in [0.29, 0.717) is 18.8 Å². The molecule has 0 bridgehead atoms. The summed E-state index contributed by atoms with van der Waals surface area (Å²) in [6.45, 7) is 3.16. The van der Waals surface area contributed by atoms with E-state index in [0.717, 1.165) is 13.0 Å². The van der Waals surface area contributed by atoms with Crippen LogP contribution in [0.5, 0.6) is 5.75 Å². The minimum Gasteiger partial charge on any atom is -0.489 e. The van der Waals surface area contributed by atoms with Crippen LogP contribution >= 0.6 is 0 Å². The summed E-state index contributed by atoms with van der Waals surface area (Å²) in [5, 5.41) is 0. The molecular weight excluding hydrogens is 223 g/mol. The van der Waals surface area contributed by atoms with E-state index in [1.165, 1.54) is 19.1 Å². The number of hydrogen-bond donors (Lipinski definition) is 0. The summed E-state index contributed by atoms with van der Waals surface area (Å²) in [7, 11) is 0. The Bertz CT molecular complexity index is 411. The van der Waals surface area contributed by atoms with Crippen molar-refractivity contribution in [2.24, 2.45) is 5.92 Å². The summed E-state index contributed by atoms with van der Waals surface area (Å²) in [5.41, 5.74) is 0.295. The minimum absolute atomic E-state index is 0.0619. The second-order valence-corrected chi connectivity index (χ2v) is 4.21. The summed E-state index contributed by atoms with van der Waals surface area (Å²) in [6, 6.07) is 4.39. The van der Waals surface area contributed by atoms with Crippen LogP contribution in [0.15, 0.2) is 18.2 Å². The van der Waals surface area contributed by atoms with E-state index < -0.39 is 5.82 Å². The molecule has 0 spiro atoms. The first-order chi connectivity index (χ1) is 8.18. The second-order valence-electron chi connectivity index (χ2n) is 4.21. The van der Waals surface area contributed by atoms with E-state index >= 15 is 0 Å². The molecule has 17 heavy (non-hydrogen) atoms. The van der Waals surface area contributed by atoms with Crippen LogP contribution in [0.25, 0.3) is 0 Å². The lowest BCUT2D eigenvalue weighted by Crippen LogP contribution is -2.14. The number of hydrogen-bond acceptors (Lipinski definition) is 3. The zero-order valence-corrected chi connectivity index (χ0v) is 9.74. The van der Waals surface area contributed by atoms with Crippen LogP contribution in [-0.4, -0.2) is 25.6 Å². The maximum atomic E-state index is 13.6. The Kier molecular flexibility index (Phi) is 3.74. The van der Waals surface area contributed by atoms with Gasteiger partial charge in [0.05, 0.1) is 18.8 Å². The maximum absolute atomic E-state index is 13.6. The average Bonchev–Trinajstić information content (AvgIpc) is 2.80. The van der Waals surface area contributed by atoms with Crippen LogP contribution < -0.4 is 4.74 Å². The van der Waals surface area contributed by atoms with Gasteiger partial charge in [0.1, 0.15) is 0 Å². The summed E-state index contributed by atoms with van der Waals surface area (Å²) >= 11 is 0. The van der Waals surface area contributed by atoms with Crippen LogP contribution in [-0.2, 0) is 4.74 Å². The van der Waals surface area contributed by atoms with Crippen molar-refractivity contribution in [3.63, 3.8) is 0 Å². The molecule has 0 radical (unpaired) electrons. The quantitative estimate of drug-likeness (QED) is 0.756. The highest BCUT2D eigenvalue weighted by atomic mass is 19.1. The zero-order chi connectivity index (χ0) is 12.3. The molecule has 1 atom stereocenters. The number of rotatable bonds is 4. The summed E-state index contributed by atoms with van der Waals surface area (Å²) < 4.78 is 24.2. The van der Waals surface area contributed by atoms with Gasteiger partial charge in [0.15, 0.2) is 17.3 Å². The van der Waals surface area contributed by atoms with Crippen LogP contribution in [0.4, 0.5) is 4.39 Å². The molecule has 0 aromatic heterocycles. The van der Waals surface area contributed by atoms with E-state index in [1.807, 2.05) is 0 Å². The topological polar surface area (TPSA) is 35.5 Å². The number of ketones is 1. The van der Waals surface area contributed by atoms with Crippen molar-refractivity contribution < 1.29 is 18.7 Å². The fourth-order valence-corrected chi connectivity index (χ4v) is 1.85. The van der Waals surface area contributed by atoms with Gasteiger partial charge in [-0.15, -0.1) is 0 Å². The number of para-hydroxylation sites is 1. The first kappa shape index (κ1) is 12.0. The molecule has 1 aromatic carbocycles. The highest BCUT2D eigenvalue weighted by molar-refractivity contribution is 5.96. The highest BCUT2D eigenvalue weighted by Gasteiger charge is 2.19. The number of benzene rings is 1. The molecule has 1 heterocycles. The summed E-state index contributed by atoms with van der Waals surface area (Å²) in [5.74, 6) is -0.333. The molecule has 1 aliphatic rings. The van der Waals surface area contributed by atoms with Gasteiger partial charge in [0.2, 0.25) is 0 Å². The lowest BCUT2D eigenvalue weighted by molar-refractivity contribution is 0.101. The first-order valence-corrected chi connectivity index (χ1v) is 5.68. The Hall–Kier alpha value is -1.42. The molecule has 0 aliphatic carbocycles. The second kappa shape index (κ2) is 5.27. The number of carbonyl (C=O) groups is 1. The Morgan fingerprint density at radius 2 is 2.41 bits per heavy atom. The van der Waals surface area contributed by atoms with E-state index in [4.69, 9.17) is 9.47 Å². The van der Waals surface area contributed by atoms with Gasteiger partial charge >= 0.3 is 0 Å². The lowest BCUT2D eigenvalue weighted by Gasteiger charge is -2.13. The Morgan fingerprint density at radius 3 is 3.06 bits per heavy atom. The molecule has 1 aromatic rings. The van der Waals surface area contributed by atoms with E-state index in [-0.39, 0.29) is 17.5 Å². The average molecular weight is 238 g/mol. The molecule has 1 unspecified atom stereocenters. The minimum atomic E-state index is -0.489. The smallest absolute Gasteiger partial charge is 0.165 e. The monoisotopic (exact) mass is 238 g/mol. The summed E-state index contributed by atoms with van der Waals surface area (Å²) in [6.07, 6.45) is 0.920. The maximum Gasteiger partial charge on any atom is 0.165 e. The normalized spacial score (nSPS) is 19.3. The number of halogens is 1. The standard InChI is InChI=1S/C13H15FO3/c1-9(15)11-3-2-4-12(14)13(11)17-8-10-5-6-16-7-10/h2-4,10H,5-8H2,1H3. The molecule has 1 aliphatic heterocycles. The van der Waals surface area contributed by atoms with Crippen LogP contribution in [0.2, 0.25) is 0 Å². The van der Waals surface area contributed by atoms with Crippen LogP contribution in [0, 0.1) is 11.7 Å². The predicted octanol–water partition coefficient (Wildman–Crippen LogP) is 2.44. The lowest BCUT2D eigenvalue weighted by atomic mass is 10.1. The molecule has 0 amide bonds. The van der Waals surface area contributed by atoms with Crippen LogP contribution in [0.1, 0.15) is 23.7 Å². The first-order valence-electron chi connectivity index (χ1n) is 5.68. The summed E-state index contributed by atoms with van der Waals surface area (Å²) in [4.78, 5) is 11.3. The molecule has 2 rings (SSSR count). The van der Waals surface area contributed by atoms with Crippen LogP contribution in [0.3, 0.4) is 0 Å². The number of carbonyl (C=O) groups excluding carboxylic acids is 1. The Balaban J connectivity index is 2.10. The van der Waals surface area contributed by atoms with E-state index in [1.54, 1.807) is 6.07 Å². The van der Waals surface area contributed by atoms with Crippen molar-refractivity contribution in [3.8, 4) is 5.75 Å². The van der Waals surface area contributed by atoms with Crippen molar-refractivity contribution in [2.75, 3.05) is 19.8 Å². The molecule has 0 saturated carbocycles. The van der Waals surface area contributed by atoms with Crippen molar-refractivity contribution in [1.29, 1.82) is 0 Å². The van der Waals surface area contributed by atoms with Gasteiger partial charge in [0.25, 0.3) is 0 Å². The molecule has 1 fully saturated rings. The van der Waals surface area contributed by atoms with Gasteiger partial charge in [0, 0.05) is 12.5 Å². The third kappa shape index (κ3) is 2.82. The van der Waals surface area contributed by atoms with Crippen molar-refractivity contribution >= 4 is 5.78 Å². The molecule has 1 saturated heterocycles. The Labute approximate surface area is 99.5 Å². The molecular formula is C13H15FO3. The molecule has 92 valence electrons. The fraction of sp³-hybridized carbons (Fsp3) is 0.462. The van der Waals surface area contributed by atoms with Crippen molar-refractivity contribution in [2.45, 2.75) is 13.3 Å². The third-order valence-electron chi connectivity index (χ3n) is 2.83. The SMILES string of the molecule is CC(=O)c1cccc(F)c1OCC1CCOC1. The molecule has 0 N–H and O–H groups in total. The van der Waals surface area contributed by atoms with Gasteiger partial charge in [-0.3, -0.25) is 4.79 Å². The number of ether oxygens (including phenoxy) is 2. The van der Waals surface area contributed by atoms with Crippen molar-refractivity contribution in [3.05, 3.63) is 29.6 Å². The van der Waals surface area contributed by atoms with E-state index in [2.05, 4.69) is 0 Å². The molecule has 4 heteroatoms. The Morgan fingerprint density at radius 1 is 1.59 bits per heavy atom. The zero-order valence-electron chi connectivity index (χ0n) is 9.74. The predicted molar refractivity (Wildman–Crippen MR) is 60.8 cm³/mol. The number of Topliss-reactive ketones (excluding diaryl/α,β-unsaturated/α-hetero) is 1. The molecule has 3 nitrogen and oxygen atoms in total. The van der Waals surface area contributed by atoms with E-state index in [9.17, 15) is 9.18 Å². The van der Waals surface area contributed by atoms with Gasteiger partial charge in [-0.05, 0) is 25.5 Å². The third-order valence-corrected chi connectivity index (χ3v) is 2.83. The van der Waals surface area contributed by atoms with Gasteiger partial charge in [-0.25, -0.2) is 4.39 Å². The van der Waals surface area contributed by atoms with Gasteiger partial charge in [-0.1, -0.05) is 6.07 Å². The highest BCUT2D eigenvalue weighted by Crippen LogP contribution is 2.24. The van der Waals surface area contributed by atoms with Gasteiger partial charge in [-0.2, -0.15) is 0 Å². The largest absolute Gasteiger partial charge is 0.489 e. The van der Waals surface area contributed by atoms with Crippen molar-refractivity contribution in [1.82, 2.24) is 0 Å². The fourth-order valence-electron chi connectivity index (χ4n) is 1.85.